The Kier molecular flexibility index (Phi) is 4.71. The van der Waals surface area contributed by atoms with E-state index in [1.54, 1.807) is 12.4 Å². The molecule has 1 aliphatic carbocycles. The summed E-state index contributed by atoms with van der Waals surface area (Å²) in [7, 11) is 0. The number of carbonyl (C=O) groups is 2. The van der Waals surface area contributed by atoms with Crippen LogP contribution in [0.1, 0.15) is 12.0 Å². The monoisotopic (exact) mass is 373 g/mol. The van der Waals surface area contributed by atoms with Crippen molar-refractivity contribution < 1.29 is 9.59 Å². The van der Waals surface area contributed by atoms with Gasteiger partial charge in [-0.15, -0.1) is 0 Å². The number of aromatic nitrogens is 1. The van der Waals surface area contributed by atoms with Gasteiger partial charge in [0.05, 0.1) is 11.8 Å². The summed E-state index contributed by atoms with van der Waals surface area (Å²) < 4.78 is 0.901. The van der Waals surface area contributed by atoms with Crippen molar-refractivity contribution in [2.45, 2.75) is 13.0 Å². The van der Waals surface area contributed by atoms with Crippen molar-refractivity contribution in [1.29, 1.82) is 0 Å². The quantitative estimate of drug-likeness (QED) is 0.846. The predicted molar refractivity (Wildman–Crippen MR) is 90.5 cm³/mol. The Labute approximate surface area is 142 Å². The number of halogens is 1. The van der Waals surface area contributed by atoms with Crippen molar-refractivity contribution in [3.8, 4) is 0 Å². The third-order valence-corrected chi connectivity index (χ3v) is 4.27. The Morgan fingerprint density at radius 1 is 1.13 bits per heavy atom. The minimum absolute atomic E-state index is 0.0730. The molecule has 0 aliphatic heterocycles. The van der Waals surface area contributed by atoms with Gasteiger partial charge in [-0.2, -0.15) is 0 Å². The topological polar surface area (TPSA) is 71.1 Å². The van der Waals surface area contributed by atoms with Gasteiger partial charge in [0.2, 0.25) is 11.8 Å². The molecule has 1 aromatic carbocycles. The van der Waals surface area contributed by atoms with Crippen LogP contribution in [0.4, 0.5) is 5.69 Å². The van der Waals surface area contributed by atoms with E-state index < -0.39 is 0 Å². The molecule has 0 radical (unpaired) electrons. The number of carbonyl (C=O) groups excluding carboxylic acids is 2. The molecular formula is C17H16BrN3O2. The zero-order valence-corrected chi connectivity index (χ0v) is 13.9. The molecule has 1 heterocycles. The summed E-state index contributed by atoms with van der Waals surface area (Å²) >= 11 is 3.36. The number of hydrogen-bond acceptors (Lipinski definition) is 3. The Balaban J connectivity index is 1.48. The summed E-state index contributed by atoms with van der Waals surface area (Å²) in [6.07, 6.45) is 3.97. The van der Waals surface area contributed by atoms with E-state index in [1.165, 1.54) is 0 Å². The zero-order valence-electron chi connectivity index (χ0n) is 12.3. The minimum Gasteiger partial charge on any atom is -0.352 e. The average molecular weight is 374 g/mol. The van der Waals surface area contributed by atoms with Gasteiger partial charge in [-0.25, -0.2) is 0 Å². The zero-order chi connectivity index (χ0) is 16.2. The van der Waals surface area contributed by atoms with E-state index in [0.717, 1.165) is 15.7 Å². The van der Waals surface area contributed by atoms with Crippen LogP contribution in [0.2, 0.25) is 0 Å². The number of anilines is 1. The van der Waals surface area contributed by atoms with E-state index in [1.807, 2.05) is 36.4 Å². The maximum atomic E-state index is 12.2. The first-order valence-corrected chi connectivity index (χ1v) is 8.16. The van der Waals surface area contributed by atoms with Crippen LogP contribution in [0.25, 0.3) is 0 Å². The van der Waals surface area contributed by atoms with Crippen LogP contribution in [-0.2, 0) is 16.1 Å². The number of benzene rings is 1. The van der Waals surface area contributed by atoms with Crippen molar-refractivity contribution in [2.24, 2.45) is 11.8 Å². The summed E-state index contributed by atoms with van der Waals surface area (Å²) in [6, 6.07) is 11.1. The average Bonchev–Trinajstić information content (AvgIpc) is 3.34. The molecule has 1 aromatic heterocycles. The largest absolute Gasteiger partial charge is 0.352 e. The van der Waals surface area contributed by atoms with Crippen molar-refractivity contribution >= 4 is 33.4 Å². The van der Waals surface area contributed by atoms with Gasteiger partial charge >= 0.3 is 0 Å². The van der Waals surface area contributed by atoms with Crippen molar-refractivity contribution in [1.82, 2.24) is 10.3 Å². The Morgan fingerprint density at radius 2 is 1.87 bits per heavy atom. The van der Waals surface area contributed by atoms with E-state index >= 15 is 0 Å². The lowest BCUT2D eigenvalue weighted by Gasteiger charge is -2.06. The molecule has 2 amide bonds. The Hall–Kier alpha value is -2.21. The van der Waals surface area contributed by atoms with Crippen LogP contribution in [0.3, 0.4) is 0 Å². The summed E-state index contributed by atoms with van der Waals surface area (Å²) in [5.41, 5.74) is 1.72. The standard InChI is InChI=1S/C17H16BrN3O2/c18-12-2-1-3-13(8-12)21-17(23)15-9-14(15)16(22)20-10-11-4-6-19-7-5-11/h1-8,14-15H,9-10H2,(H,20,22)(H,21,23). The fourth-order valence-corrected chi connectivity index (χ4v) is 2.80. The molecular weight excluding hydrogens is 358 g/mol. The third kappa shape index (κ3) is 4.16. The fraction of sp³-hybridized carbons (Fsp3) is 0.235. The predicted octanol–water partition coefficient (Wildman–Crippen LogP) is 2.74. The van der Waals surface area contributed by atoms with Crippen molar-refractivity contribution in [3.63, 3.8) is 0 Å². The highest BCUT2D eigenvalue weighted by molar-refractivity contribution is 9.10. The van der Waals surface area contributed by atoms with Gasteiger partial charge in [0.15, 0.2) is 0 Å². The number of pyridine rings is 1. The maximum Gasteiger partial charge on any atom is 0.228 e. The SMILES string of the molecule is O=C(NCc1ccncc1)C1CC1C(=O)Nc1cccc(Br)c1. The molecule has 1 saturated carbocycles. The Bertz CT molecular complexity index is 721. The first kappa shape index (κ1) is 15.7. The van der Waals surface area contributed by atoms with Gasteiger partial charge in [0.1, 0.15) is 0 Å². The maximum absolute atomic E-state index is 12.2. The first-order valence-electron chi connectivity index (χ1n) is 7.36. The Morgan fingerprint density at radius 3 is 2.61 bits per heavy atom. The molecule has 0 bridgehead atoms. The van der Waals surface area contributed by atoms with Crippen LogP contribution in [0.5, 0.6) is 0 Å². The molecule has 3 rings (SSSR count). The van der Waals surface area contributed by atoms with Crippen LogP contribution in [-0.4, -0.2) is 16.8 Å². The molecule has 2 N–H and O–H groups in total. The second kappa shape index (κ2) is 6.91. The van der Waals surface area contributed by atoms with E-state index in [-0.39, 0.29) is 23.7 Å². The smallest absolute Gasteiger partial charge is 0.228 e. The van der Waals surface area contributed by atoms with Crippen LogP contribution in [0.15, 0.2) is 53.3 Å². The van der Waals surface area contributed by atoms with Gasteiger partial charge < -0.3 is 10.6 Å². The van der Waals surface area contributed by atoms with E-state index in [2.05, 4.69) is 31.5 Å². The van der Waals surface area contributed by atoms with Gasteiger partial charge in [0.25, 0.3) is 0 Å². The minimum atomic E-state index is -0.244. The van der Waals surface area contributed by atoms with Crippen molar-refractivity contribution in [2.75, 3.05) is 5.32 Å². The highest BCUT2D eigenvalue weighted by Crippen LogP contribution is 2.39. The summed E-state index contributed by atoms with van der Waals surface area (Å²) in [4.78, 5) is 28.2. The van der Waals surface area contributed by atoms with Crippen LogP contribution in [0, 0.1) is 11.8 Å². The molecule has 1 fully saturated rings. The van der Waals surface area contributed by atoms with E-state index in [0.29, 0.717) is 13.0 Å². The second-order valence-corrected chi connectivity index (χ2v) is 6.44. The summed E-state index contributed by atoms with van der Waals surface area (Å²) in [6.45, 7) is 0.456. The van der Waals surface area contributed by atoms with Gasteiger partial charge in [-0.05, 0) is 42.3 Å². The molecule has 5 nitrogen and oxygen atoms in total. The van der Waals surface area contributed by atoms with E-state index in [4.69, 9.17) is 0 Å². The highest BCUT2D eigenvalue weighted by Gasteiger charge is 2.47. The lowest BCUT2D eigenvalue weighted by molar-refractivity contribution is -0.125. The number of rotatable bonds is 5. The van der Waals surface area contributed by atoms with Crippen LogP contribution >= 0.6 is 15.9 Å². The number of nitrogens with zero attached hydrogens (tertiary/aromatic N) is 1. The normalized spacial score (nSPS) is 19.0. The lowest BCUT2D eigenvalue weighted by Crippen LogP contribution is -2.27. The van der Waals surface area contributed by atoms with Crippen molar-refractivity contribution in [3.05, 3.63) is 58.8 Å². The first-order chi connectivity index (χ1) is 11.1. The molecule has 0 saturated heterocycles. The highest BCUT2D eigenvalue weighted by atomic mass is 79.9. The summed E-state index contributed by atoms with van der Waals surface area (Å²) in [5.74, 6) is -0.654. The van der Waals surface area contributed by atoms with Crippen LogP contribution < -0.4 is 10.6 Å². The van der Waals surface area contributed by atoms with Gasteiger partial charge in [0, 0.05) is 29.1 Å². The molecule has 6 heteroatoms. The summed E-state index contributed by atoms with van der Waals surface area (Å²) in [5, 5.41) is 5.71. The molecule has 118 valence electrons. The number of hydrogen-bond donors (Lipinski definition) is 2. The second-order valence-electron chi connectivity index (χ2n) is 5.52. The number of amides is 2. The molecule has 2 atom stereocenters. The van der Waals surface area contributed by atoms with Gasteiger partial charge in [-0.1, -0.05) is 22.0 Å². The molecule has 0 spiro atoms. The molecule has 1 aliphatic rings. The van der Waals surface area contributed by atoms with E-state index in [9.17, 15) is 9.59 Å². The lowest BCUT2D eigenvalue weighted by atomic mass is 10.2. The fourth-order valence-electron chi connectivity index (χ4n) is 2.40. The number of nitrogens with one attached hydrogen (secondary N) is 2. The molecule has 2 aromatic rings. The molecule has 2 unspecified atom stereocenters. The molecule has 23 heavy (non-hydrogen) atoms. The third-order valence-electron chi connectivity index (χ3n) is 3.77. The van der Waals surface area contributed by atoms with Gasteiger partial charge in [-0.3, -0.25) is 14.6 Å².